The molecule has 1 amide bonds. The first kappa shape index (κ1) is 20.5. The van der Waals surface area contributed by atoms with Gasteiger partial charge in [0.25, 0.3) is 10.1 Å². The van der Waals surface area contributed by atoms with E-state index < -0.39 is 15.7 Å². The van der Waals surface area contributed by atoms with Crippen molar-refractivity contribution in [2.45, 2.75) is 64.9 Å². The largest absolute Gasteiger partial charge is 0.444 e. The Morgan fingerprint density at radius 3 is 2.28 bits per heavy atom. The molecular weight excluding hydrogens is 342 g/mol. The Balaban J connectivity index is 2.05. The van der Waals surface area contributed by atoms with Crippen molar-refractivity contribution in [3.05, 3.63) is 0 Å². The van der Waals surface area contributed by atoms with E-state index in [2.05, 4.69) is 0 Å². The molecule has 0 radical (unpaired) electrons. The van der Waals surface area contributed by atoms with Gasteiger partial charge < -0.3 is 9.64 Å². The number of amides is 1. The lowest BCUT2D eigenvalue weighted by Crippen LogP contribution is -2.48. The Morgan fingerprint density at radius 2 is 1.72 bits per heavy atom. The Kier molecular flexibility index (Phi) is 6.76. The lowest BCUT2D eigenvalue weighted by atomic mass is 9.74. The highest BCUT2D eigenvalue weighted by atomic mass is 32.2. The van der Waals surface area contributed by atoms with Crippen LogP contribution in [0.3, 0.4) is 0 Å². The number of likely N-dealkylation sites (tertiary alicyclic amines) is 1. The summed E-state index contributed by atoms with van der Waals surface area (Å²) >= 11 is 0. The summed E-state index contributed by atoms with van der Waals surface area (Å²) < 4.78 is 33.2. The van der Waals surface area contributed by atoms with Crippen LogP contribution in [0.25, 0.3) is 0 Å². The second kappa shape index (κ2) is 8.25. The van der Waals surface area contributed by atoms with Crippen molar-refractivity contribution >= 4 is 16.2 Å². The lowest BCUT2D eigenvalue weighted by Gasteiger charge is -2.42. The summed E-state index contributed by atoms with van der Waals surface area (Å²) in [4.78, 5) is 14.3. The number of carbonyl (C=O) groups excluding carboxylic acids is 1. The van der Waals surface area contributed by atoms with Gasteiger partial charge in [-0.2, -0.15) is 8.42 Å². The average Bonchev–Trinajstić information content (AvgIpc) is 2.51. The van der Waals surface area contributed by atoms with Crippen molar-refractivity contribution in [2.24, 2.45) is 17.8 Å². The Morgan fingerprint density at radius 1 is 1.08 bits per heavy atom. The first-order valence-corrected chi connectivity index (χ1v) is 11.2. The Labute approximate surface area is 152 Å². The molecule has 2 rings (SSSR count). The quantitative estimate of drug-likeness (QED) is 0.704. The third-order valence-corrected chi connectivity index (χ3v) is 5.62. The monoisotopic (exact) mass is 375 g/mol. The van der Waals surface area contributed by atoms with Crippen LogP contribution >= 0.6 is 0 Å². The zero-order chi connectivity index (χ0) is 18.7. The summed E-state index contributed by atoms with van der Waals surface area (Å²) in [5, 5.41) is 0. The molecule has 1 saturated heterocycles. The molecule has 0 aromatic heterocycles. The van der Waals surface area contributed by atoms with Crippen LogP contribution in [0.5, 0.6) is 0 Å². The van der Waals surface area contributed by atoms with E-state index in [9.17, 15) is 13.2 Å². The van der Waals surface area contributed by atoms with Gasteiger partial charge in [-0.05, 0) is 39.0 Å². The van der Waals surface area contributed by atoms with Gasteiger partial charge in [0.05, 0.1) is 12.9 Å². The van der Waals surface area contributed by atoms with Crippen molar-refractivity contribution in [1.29, 1.82) is 0 Å². The van der Waals surface area contributed by atoms with Gasteiger partial charge in [-0.15, -0.1) is 0 Å². The van der Waals surface area contributed by atoms with Crippen LogP contribution in [-0.2, 0) is 19.0 Å². The third kappa shape index (κ3) is 7.13. The minimum Gasteiger partial charge on any atom is -0.444 e. The number of nitrogens with zero attached hydrogens (tertiary/aromatic N) is 1. The maximum absolute atomic E-state index is 12.5. The molecule has 6 nitrogen and oxygen atoms in total. The molecule has 2 aliphatic rings. The number of piperidine rings is 1. The van der Waals surface area contributed by atoms with E-state index in [4.69, 9.17) is 8.92 Å². The van der Waals surface area contributed by atoms with Gasteiger partial charge in [0.15, 0.2) is 0 Å². The molecule has 0 spiro atoms. The van der Waals surface area contributed by atoms with E-state index >= 15 is 0 Å². The first-order valence-electron chi connectivity index (χ1n) is 9.36. The van der Waals surface area contributed by atoms with Gasteiger partial charge in [-0.3, -0.25) is 4.18 Å². The SMILES string of the molecule is CC(C)(C)OC(=O)N1C[C@@H](COS(C)(=O)=O)C[C@@H](C2CCCCC2)C1. The van der Waals surface area contributed by atoms with E-state index in [1.807, 2.05) is 20.8 Å². The van der Waals surface area contributed by atoms with Crippen molar-refractivity contribution in [3.63, 3.8) is 0 Å². The van der Waals surface area contributed by atoms with Gasteiger partial charge in [0.1, 0.15) is 5.60 Å². The molecule has 0 bridgehead atoms. The van der Waals surface area contributed by atoms with Crippen LogP contribution in [0, 0.1) is 17.8 Å². The number of rotatable bonds is 4. The van der Waals surface area contributed by atoms with Gasteiger partial charge in [0.2, 0.25) is 0 Å². The van der Waals surface area contributed by atoms with Gasteiger partial charge in [-0.1, -0.05) is 32.1 Å². The summed E-state index contributed by atoms with van der Waals surface area (Å²) in [5.41, 5.74) is -0.534. The molecule has 1 aliphatic carbocycles. The molecule has 1 heterocycles. The highest BCUT2D eigenvalue weighted by Gasteiger charge is 2.36. The van der Waals surface area contributed by atoms with Crippen molar-refractivity contribution < 1.29 is 22.1 Å². The maximum Gasteiger partial charge on any atom is 0.410 e. The number of ether oxygens (including phenoxy) is 1. The van der Waals surface area contributed by atoms with E-state index in [-0.39, 0.29) is 18.6 Å². The first-order chi connectivity index (χ1) is 11.5. The van der Waals surface area contributed by atoms with E-state index in [0.717, 1.165) is 12.7 Å². The average molecular weight is 376 g/mol. The van der Waals surface area contributed by atoms with Gasteiger partial charge in [0, 0.05) is 19.0 Å². The second-order valence-electron chi connectivity index (χ2n) is 8.63. The number of hydrogen-bond acceptors (Lipinski definition) is 5. The summed E-state index contributed by atoms with van der Waals surface area (Å²) in [7, 11) is -3.47. The molecule has 0 N–H and O–H groups in total. The van der Waals surface area contributed by atoms with Crippen LogP contribution in [0.4, 0.5) is 4.79 Å². The highest BCUT2D eigenvalue weighted by Crippen LogP contribution is 2.37. The standard InChI is InChI=1S/C18H33NO5S/c1-18(2,3)24-17(20)19-11-14(13-23-25(4,21)22)10-16(12-19)15-8-6-5-7-9-15/h14-16H,5-13H2,1-4H3/t14-,16+/m0/s1. The maximum atomic E-state index is 12.5. The normalized spacial score (nSPS) is 26.5. The summed E-state index contributed by atoms with van der Waals surface area (Å²) in [5.74, 6) is 1.04. The highest BCUT2D eigenvalue weighted by molar-refractivity contribution is 7.85. The summed E-state index contributed by atoms with van der Waals surface area (Å²) in [6.45, 7) is 6.91. The fraction of sp³-hybridized carbons (Fsp3) is 0.944. The van der Waals surface area contributed by atoms with Crippen molar-refractivity contribution in [2.75, 3.05) is 26.0 Å². The summed E-state index contributed by atoms with van der Waals surface area (Å²) in [6, 6.07) is 0. The van der Waals surface area contributed by atoms with Gasteiger partial charge in [-0.25, -0.2) is 4.79 Å². The lowest BCUT2D eigenvalue weighted by molar-refractivity contribution is -0.00163. The smallest absolute Gasteiger partial charge is 0.410 e. The van der Waals surface area contributed by atoms with Gasteiger partial charge >= 0.3 is 6.09 Å². The van der Waals surface area contributed by atoms with E-state index in [1.54, 1.807) is 4.90 Å². The number of carbonyl (C=O) groups is 1. The number of hydrogen-bond donors (Lipinski definition) is 0. The van der Waals surface area contributed by atoms with Crippen molar-refractivity contribution in [3.8, 4) is 0 Å². The minimum absolute atomic E-state index is 0.0305. The Hall–Kier alpha value is -0.820. The molecule has 2 atom stereocenters. The molecule has 7 heteroatoms. The molecule has 1 aliphatic heterocycles. The van der Waals surface area contributed by atoms with E-state index in [1.165, 1.54) is 32.1 Å². The predicted octanol–water partition coefficient (Wildman–Crippen LogP) is 3.42. The fourth-order valence-electron chi connectivity index (χ4n) is 4.01. The van der Waals surface area contributed by atoms with Crippen molar-refractivity contribution in [1.82, 2.24) is 4.90 Å². The Bertz CT molecular complexity index is 548. The molecule has 0 aromatic rings. The van der Waals surface area contributed by atoms with Crippen LogP contribution in [0.2, 0.25) is 0 Å². The second-order valence-corrected chi connectivity index (χ2v) is 10.3. The molecule has 146 valence electrons. The minimum atomic E-state index is -3.47. The molecule has 25 heavy (non-hydrogen) atoms. The fourth-order valence-corrected chi connectivity index (χ4v) is 4.45. The third-order valence-electron chi connectivity index (χ3n) is 5.06. The zero-order valence-electron chi connectivity index (χ0n) is 16.0. The van der Waals surface area contributed by atoms with E-state index in [0.29, 0.717) is 24.9 Å². The van der Waals surface area contributed by atoms with Crippen LogP contribution < -0.4 is 0 Å². The molecule has 1 saturated carbocycles. The molecule has 0 aromatic carbocycles. The zero-order valence-corrected chi connectivity index (χ0v) is 16.8. The van der Waals surface area contributed by atoms with Crippen LogP contribution in [-0.4, -0.2) is 51.0 Å². The topological polar surface area (TPSA) is 72.9 Å². The predicted molar refractivity (Wildman–Crippen MR) is 96.8 cm³/mol. The molecular formula is C18H33NO5S. The van der Waals surface area contributed by atoms with Crippen LogP contribution in [0.15, 0.2) is 0 Å². The van der Waals surface area contributed by atoms with Crippen LogP contribution in [0.1, 0.15) is 59.3 Å². The molecule has 0 unspecified atom stereocenters. The molecule has 2 fully saturated rings. The summed E-state index contributed by atoms with van der Waals surface area (Å²) in [6.07, 6.45) is 7.87.